The summed E-state index contributed by atoms with van der Waals surface area (Å²) in [6.07, 6.45) is 4.65. The fourth-order valence-electron chi connectivity index (χ4n) is 2.11. The lowest BCUT2D eigenvalue weighted by Gasteiger charge is -2.27. The van der Waals surface area contributed by atoms with Crippen molar-refractivity contribution in [1.29, 1.82) is 0 Å². The SMILES string of the molecule is Cl.OC(CO/N=C(\Cl)c1ccco1)CN1CCCCC1. The lowest BCUT2D eigenvalue weighted by Crippen LogP contribution is -2.38. The maximum atomic E-state index is 9.84. The Morgan fingerprint density at radius 1 is 1.45 bits per heavy atom. The Hall–Kier alpha value is -0.750. The van der Waals surface area contributed by atoms with Crippen LogP contribution in [0.1, 0.15) is 25.0 Å². The summed E-state index contributed by atoms with van der Waals surface area (Å²) in [6, 6.07) is 3.41. The van der Waals surface area contributed by atoms with Gasteiger partial charge in [0.1, 0.15) is 12.7 Å². The first-order valence-corrected chi connectivity index (χ1v) is 6.93. The van der Waals surface area contributed by atoms with Gasteiger partial charge in [0.05, 0.1) is 6.26 Å². The van der Waals surface area contributed by atoms with E-state index >= 15 is 0 Å². The molecule has 1 aromatic heterocycles. The van der Waals surface area contributed by atoms with Gasteiger partial charge in [0, 0.05) is 6.54 Å². The van der Waals surface area contributed by atoms with E-state index in [9.17, 15) is 5.11 Å². The highest BCUT2D eigenvalue weighted by Gasteiger charge is 2.15. The zero-order valence-corrected chi connectivity index (χ0v) is 12.8. The Labute approximate surface area is 129 Å². The summed E-state index contributed by atoms with van der Waals surface area (Å²) in [5.41, 5.74) is 0. The molecule has 1 atom stereocenters. The van der Waals surface area contributed by atoms with E-state index < -0.39 is 6.10 Å². The van der Waals surface area contributed by atoms with Crippen LogP contribution >= 0.6 is 24.0 Å². The van der Waals surface area contributed by atoms with Crippen molar-refractivity contribution in [3.8, 4) is 0 Å². The van der Waals surface area contributed by atoms with Crippen molar-refractivity contribution in [1.82, 2.24) is 4.90 Å². The molecule has 7 heteroatoms. The van der Waals surface area contributed by atoms with Gasteiger partial charge >= 0.3 is 0 Å². The number of nitrogens with zero attached hydrogens (tertiary/aromatic N) is 2. The second-order valence-electron chi connectivity index (χ2n) is 4.67. The van der Waals surface area contributed by atoms with Gasteiger partial charge in [0.15, 0.2) is 5.76 Å². The summed E-state index contributed by atoms with van der Waals surface area (Å²) in [6.45, 7) is 2.85. The van der Waals surface area contributed by atoms with Gasteiger partial charge in [-0.05, 0) is 38.1 Å². The number of hydrogen-bond donors (Lipinski definition) is 1. The molecule has 20 heavy (non-hydrogen) atoms. The van der Waals surface area contributed by atoms with Crippen LogP contribution in [0.15, 0.2) is 28.0 Å². The first-order chi connectivity index (χ1) is 9.25. The third-order valence-electron chi connectivity index (χ3n) is 3.05. The first kappa shape index (κ1) is 17.3. The van der Waals surface area contributed by atoms with E-state index in [1.54, 1.807) is 12.1 Å². The van der Waals surface area contributed by atoms with Crippen LogP contribution < -0.4 is 0 Å². The highest BCUT2D eigenvalue weighted by Crippen LogP contribution is 2.09. The largest absolute Gasteiger partial charge is 0.462 e. The van der Waals surface area contributed by atoms with Crippen molar-refractivity contribution in [2.24, 2.45) is 5.16 Å². The Kier molecular flexibility index (Phi) is 7.99. The third kappa shape index (κ3) is 5.71. The van der Waals surface area contributed by atoms with Crippen LogP contribution in [0, 0.1) is 0 Å². The van der Waals surface area contributed by atoms with Gasteiger partial charge in [-0.2, -0.15) is 0 Å². The number of furan rings is 1. The minimum atomic E-state index is -0.553. The minimum Gasteiger partial charge on any atom is -0.462 e. The molecule has 0 aromatic carbocycles. The van der Waals surface area contributed by atoms with Crippen molar-refractivity contribution in [3.05, 3.63) is 24.2 Å². The Balaban J connectivity index is 0.00000200. The fourth-order valence-corrected chi connectivity index (χ4v) is 2.27. The number of hydrogen-bond acceptors (Lipinski definition) is 5. The molecule has 0 spiro atoms. The van der Waals surface area contributed by atoms with E-state index in [0.29, 0.717) is 12.3 Å². The Morgan fingerprint density at radius 2 is 2.20 bits per heavy atom. The summed E-state index contributed by atoms with van der Waals surface area (Å²) in [5, 5.41) is 13.7. The van der Waals surface area contributed by atoms with E-state index in [1.807, 2.05) is 0 Å². The quantitative estimate of drug-likeness (QED) is 0.645. The maximum Gasteiger partial charge on any atom is 0.211 e. The van der Waals surface area contributed by atoms with Crippen molar-refractivity contribution < 1.29 is 14.4 Å². The van der Waals surface area contributed by atoms with Gasteiger partial charge in [0.25, 0.3) is 0 Å². The fraction of sp³-hybridized carbons (Fsp3) is 0.615. The van der Waals surface area contributed by atoms with Crippen LogP contribution in [0.4, 0.5) is 0 Å². The number of aliphatic hydroxyl groups is 1. The molecular formula is C13H20Cl2N2O3. The van der Waals surface area contributed by atoms with Gasteiger partial charge in [0.2, 0.25) is 5.17 Å². The normalized spacial score (nSPS) is 18.4. The molecular weight excluding hydrogens is 303 g/mol. The molecule has 1 aliphatic rings. The number of aliphatic hydroxyl groups excluding tert-OH is 1. The van der Waals surface area contributed by atoms with Gasteiger partial charge in [-0.1, -0.05) is 23.2 Å². The highest BCUT2D eigenvalue weighted by molar-refractivity contribution is 6.69. The first-order valence-electron chi connectivity index (χ1n) is 6.55. The van der Waals surface area contributed by atoms with E-state index in [0.717, 1.165) is 13.1 Å². The minimum absolute atomic E-state index is 0. The summed E-state index contributed by atoms with van der Waals surface area (Å²) in [7, 11) is 0. The predicted octanol–water partition coefficient (Wildman–Crippen LogP) is 2.47. The molecule has 0 radical (unpaired) electrons. The number of piperidine rings is 1. The van der Waals surface area contributed by atoms with Gasteiger partial charge in [-0.25, -0.2) is 0 Å². The summed E-state index contributed by atoms with van der Waals surface area (Å²) in [5.74, 6) is 0.451. The van der Waals surface area contributed by atoms with Crippen LogP contribution in [0.3, 0.4) is 0 Å². The van der Waals surface area contributed by atoms with Crippen LogP contribution in [0.25, 0.3) is 0 Å². The summed E-state index contributed by atoms with van der Waals surface area (Å²) < 4.78 is 5.06. The molecule has 1 saturated heterocycles. The van der Waals surface area contributed by atoms with Crippen LogP contribution in [-0.4, -0.2) is 47.5 Å². The zero-order valence-electron chi connectivity index (χ0n) is 11.2. The summed E-state index contributed by atoms with van der Waals surface area (Å²) >= 11 is 5.86. The summed E-state index contributed by atoms with van der Waals surface area (Å²) in [4.78, 5) is 7.29. The van der Waals surface area contributed by atoms with Crippen LogP contribution in [0.5, 0.6) is 0 Å². The number of rotatable bonds is 6. The van der Waals surface area contributed by atoms with Gasteiger partial charge in [-0.3, -0.25) is 0 Å². The number of oxime groups is 1. The van der Waals surface area contributed by atoms with Crippen LogP contribution in [0.2, 0.25) is 0 Å². The smallest absolute Gasteiger partial charge is 0.211 e. The van der Waals surface area contributed by atoms with Crippen molar-refractivity contribution in [2.75, 3.05) is 26.2 Å². The molecule has 1 aromatic rings. The average Bonchev–Trinajstić information content (AvgIpc) is 2.93. The molecule has 0 bridgehead atoms. The average molecular weight is 323 g/mol. The predicted molar refractivity (Wildman–Crippen MR) is 80.6 cm³/mol. The second kappa shape index (κ2) is 9.23. The molecule has 0 saturated carbocycles. The third-order valence-corrected chi connectivity index (χ3v) is 3.31. The molecule has 1 aliphatic heterocycles. The van der Waals surface area contributed by atoms with Gasteiger partial charge < -0.3 is 19.3 Å². The molecule has 2 heterocycles. The number of β-amino-alcohol motifs (C(OH)–C–C–N with tert-alkyl or cyclic N) is 1. The van der Waals surface area contributed by atoms with Gasteiger partial charge in [-0.15, -0.1) is 12.4 Å². The maximum absolute atomic E-state index is 9.84. The molecule has 2 rings (SSSR count). The molecule has 114 valence electrons. The number of halogens is 2. The second-order valence-corrected chi connectivity index (χ2v) is 5.03. The van der Waals surface area contributed by atoms with E-state index in [-0.39, 0.29) is 24.2 Å². The molecule has 0 amide bonds. The lowest BCUT2D eigenvalue weighted by molar-refractivity contribution is 0.0160. The van der Waals surface area contributed by atoms with Crippen LogP contribution in [-0.2, 0) is 4.84 Å². The molecule has 5 nitrogen and oxygen atoms in total. The van der Waals surface area contributed by atoms with E-state index in [1.165, 1.54) is 25.5 Å². The number of likely N-dealkylation sites (tertiary alicyclic amines) is 1. The molecule has 0 aliphatic carbocycles. The van der Waals surface area contributed by atoms with E-state index in [2.05, 4.69) is 10.1 Å². The molecule has 1 fully saturated rings. The Bertz CT molecular complexity index is 392. The topological polar surface area (TPSA) is 58.2 Å². The zero-order chi connectivity index (χ0) is 13.5. The lowest BCUT2D eigenvalue weighted by atomic mass is 10.1. The van der Waals surface area contributed by atoms with Crippen molar-refractivity contribution >= 4 is 29.2 Å². The standard InChI is InChI=1S/C13H19ClN2O3.ClH/c14-13(12-5-4-8-18-12)15-19-10-11(17)9-16-6-2-1-3-7-16;/h4-5,8,11,17H,1-3,6-7,9-10H2;1H/b15-13-;. The van der Waals surface area contributed by atoms with Crippen molar-refractivity contribution in [3.63, 3.8) is 0 Å². The molecule has 1 unspecified atom stereocenters. The molecule has 1 N–H and O–H groups in total. The van der Waals surface area contributed by atoms with E-state index in [4.69, 9.17) is 20.9 Å². The Morgan fingerprint density at radius 3 is 2.85 bits per heavy atom. The van der Waals surface area contributed by atoms with Crippen molar-refractivity contribution in [2.45, 2.75) is 25.4 Å². The monoisotopic (exact) mass is 322 g/mol. The highest BCUT2D eigenvalue weighted by atomic mass is 35.5.